The van der Waals surface area contributed by atoms with E-state index in [4.69, 9.17) is 0 Å². The molecule has 1 aromatic rings. The van der Waals surface area contributed by atoms with Gasteiger partial charge in [-0.15, -0.1) is 4.91 Å². The average Bonchev–Trinajstić information content (AvgIpc) is 3.44. The first-order valence-electron chi connectivity index (χ1n) is 10.0. The van der Waals surface area contributed by atoms with Gasteiger partial charge in [0.2, 0.25) is 0 Å². The highest BCUT2D eigenvalue weighted by Crippen LogP contribution is 2.57. The summed E-state index contributed by atoms with van der Waals surface area (Å²) < 4.78 is 0. The smallest absolute Gasteiger partial charge is 0.153 e. The molecular formula is C21H28N2O4. The van der Waals surface area contributed by atoms with Gasteiger partial charge in [0, 0.05) is 30.8 Å². The zero-order valence-electron chi connectivity index (χ0n) is 16.1. The van der Waals surface area contributed by atoms with E-state index in [0.717, 1.165) is 18.7 Å². The van der Waals surface area contributed by atoms with Gasteiger partial charge in [0.15, 0.2) is 5.69 Å². The third-order valence-corrected chi connectivity index (χ3v) is 7.19. The van der Waals surface area contributed by atoms with Gasteiger partial charge >= 0.3 is 0 Å². The Morgan fingerprint density at radius 1 is 1.37 bits per heavy atom. The summed E-state index contributed by atoms with van der Waals surface area (Å²) in [6, 6.07) is 3.23. The number of hydrogen-bond donors (Lipinski definition) is 2. The van der Waals surface area contributed by atoms with E-state index < -0.39 is 11.0 Å². The minimum absolute atomic E-state index is 0.00855. The first kappa shape index (κ1) is 18.6. The molecular weight excluding hydrogens is 344 g/mol. The van der Waals surface area contributed by atoms with E-state index in [1.54, 1.807) is 6.92 Å². The van der Waals surface area contributed by atoms with Crippen molar-refractivity contribution in [3.05, 3.63) is 28.2 Å². The Morgan fingerprint density at radius 3 is 2.74 bits per heavy atom. The monoisotopic (exact) mass is 372 g/mol. The van der Waals surface area contributed by atoms with E-state index in [0.29, 0.717) is 30.7 Å². The molecule has 2 aliphatic carbocycles. The first-order chi connectivity index (χ1) is 12.8. The van der Waals surface area contributed by atoms with Crippen LogP contribution < -0.4 is 0 Å². The fourth-order valence-electron chi connectivity index (χ4n) is 5.42. The maximum Gasteiger partial charge on any atom is 0.153 e. The summed E-state index contributed by atoms with van der Waals surface area (Å²) in [6.45, 7) is 5.38. The number of phenols is 1. The Balaban J connectivity index is 1.88. The lowest BCUT2D eigenvalue weighted by Gasteiger charge is -2.60. The predicted octanol–water partition coefficient (Wildman–Crippen LogP) is 3.19. The molecule has 6 nitrogen and oxygen atoms in total. The zero-order valence-corrected chi connectivity index (χ0v) is 16.1. The summed E-state index contributed by atoms with van der Waals surface area (Å²) >= 11 is 0. The number of benzene rings is 1. The van der Waals surface area contributed by atoms with E-state index >= 15 is 0 Å². The molecule has 2 unspecified atom stereocenters. The largest absolute Gasteiger partial charge is 0.506 e. The van der Waals surface area contributed by atoms with Crippen LogP contribution in [0.2, 0.25) is 0 Å². The zero-order chi connectivity index (χ0) is 19.4. The highest BCUT2D eigenvalue weighted by Gasteiger charge is 2.62. The fraction of sp³-hybridized carbons (Fsp3) is 0.667. The predicted molar refractivity (Wildman–Crippen MR) is 102 cm³/mol. The number of Topliss-reactive ketones (excluding diaryl/α,β-unsaturated/α-hetero) is 1. The molecule has 2 fully saturated rings. The van der Waals surface area contributed by atoms with Gasteiger partial charge in [-0.3, -0.25) is 9.69 Å². The number of fused-ring (bicyclic) bond motifs is 4. The number of hydrogen-bond acceptors (Lipinski definition) is 6. The van der Waals surface area contributed by atoms with Crippen molar-refractivity contribution in [1.82, 2.24) is 4.90 Å². The number of ketones is 1. The molecule has 1 saturated heterocycles. The molecule has 0 aromatic heterocycles. The highest BCUT2D eigenvalue weighted by molar-refractivity contribution is 5.81. The van der Waals surface area contributed by atoms with Crippen LogP contribution in [-0.4, -0.2) is 45.6 Å². The Morgan fingerprint density at radius 2 is 2.11 bits per heavy atom. The third kappa shape index (κ3) is 2.72. The number of likely N-dealkylation sites (tertiary alicyclic amines) is 1. The van der Waals surface area contributed by atoms with Crippen molar-refractivity contribution in [2.24, 2.45) is 11.1 Å². The second-order valence-electron chi connectivity index (χ2n) is 8.77. The van der Waals surface area contributed by atoms with Gasteiger partial charge in [-0.2, -0.15) is 0 Å². The van der Waals surface area contributed by atoms with Crippen molar-refractivity contribution in [1.29, 1.82) is 0 Å². The van der Waals surface area contributed by atoms with Gasteiger partial charge in [0.1, 0.15) is 11.5 Å². The van der Waals surface area contributed by atoms with Crippen molar-refractivity contribution in [2.45, 2.75) is 69.4 Å². The molecule has 0 spiro atoms. The molecule has 2 bridgehead atoms. The number of nitrogens with zero attached hydrogens (tertiary/aromatic N) is 2. The molecule has 0 radical (unpaired) electrons. The molecule has 4 rings (SSSR count). The van der Waals surface area contributed by atoms with Crippen LogP contribution in [0.25, 0.3) is 0 Å². The van der Waals surface area contributed by atoms with Gasteiger partial charge in [0.05, 0.1) is 5.60 Å². The second kappa shape index (κ2) is 6.38. The van der Waals surface area contributed by atoms with Gasteiger partial charge in [-0.25, -0.2) is 0 Å². The van der Waals surface area contributed by atoms with E-state index in [1.807, 2.05) is 13.0 Å². The standard InChI is InChI=1S/C21H28N2O4/c1-3-15(24)11-21-8-9-23(12-13-4-5-13)17(20(21,2)26)10-14-6-7-16(25)19(22-27)18(14)21/h6-7,13,17,25-26H,3-5,8-12H2,1-2H3/t17?,20?,21-/m1/s1. The third-order valence-electron chi connectivity index (χ3n) is 7.19. The summed E-state index contributed by atoms with van der Waals surface area (Å²) in [5, 5.41) is 25.2. The van der Waals surface area contributed by atoms with Crippen LogP contribution in [0, 0.1) is 10.8 Å². The van der Waals surface area contributed by atoms with Crippen molar-refractivity contribution in [2.75, 3.05) is 13.1 Å². The van der Waals surface area contributed by atoms with Crippen LogP contribution >= 0.6 is 0 Å². The van der Waals surface area contributed by atoms with Gasteiger partial charge in [-0.05, 0) is 67.4 Å². The molecule has 3 aliphatic rings. The molecule has 146 valence electrons. The number of carbonyl (C=O) groups excluding carboxylic acids is 1. The van der Waals surface area contributed by atoms with Crippen LogP contribution in [0.1, 0.15) is 57.1 Å². The fourth-order valence-corrected chi connectivity index (χ4v) is 5.42. The summed E-state index contributed by atoms with van der Waals surface area (Å²) in [7, 11) is 0. The Bertz CT molecular complexity index is 787. The molecule has 0 amide bonds. The molecule has 6 heteroatoms. The molecule has 3 atom stereocenters. The van der Waals surface area contributed by atoms with Crippen LogP contribution in [0.4, 0.5) is 5.69 Å². The summed E-state index contributed by atoms with van der Waals surface area (Å²) in [6.07, 6.45) is 4.21. The average molecular weight is 372 g/mol. The topological polar surface area (TPSA) is 90.2 Å². The number of piperidine rings is 1. The first-order valence-corrected chi connectivity index (χ1v) is 10.0. The Hall–Kier alpha value is -1.79. The van der Waals surface area contributed by atoms with Crippen molar-refractivity contribution in [3.8, 4) is 5.75 Å². The second-order valence-corrected chi connectivity index (χ2v) is 8.77. The minimum Gasteiger partial charge on any atom is -0.506 e. The lowest BCUT2D eigenvalue weighted by molar-refractivity contribution is -0.147. The number of phenolic OH excluding ortho intramolecular Hbond substituents is 1. The maximum atomic E-state index is 12.5. The summed E-state index contributed by atoms with van der Waals surface area (Å²) in [4.78, 5) is 26.5. The summed E-state index contributed by atoms with van der Waals surface area (Å²) in [5.74, 6) is 0.582. The van der Waals surface area contributed by atoms with Gasteiger partial charge in [-0.1, -0.05) is 13.0 Å². The van der Waals surface area contributed by atoms with Crippen molar-refractivity contribution in [3.63, 3.8) is 0 Å². The van der Waals surface area contributed by atoms with Crippen LogP contribution in [0.3, 0.4) is 0 Å². The van der Waals surface area contributed by atoms with E-state index in [1.165, 1.54) is 18.9 Å². The van der Waals surface area contributed by atoms with Crippen LogP contribution in [0.5, 0.6) is 5.75 Å². The Kier molecular flexibility index (Phi) is 4.39. The van der Waals surface area contributed by atoms with E-state index in [9.17, 15) is 19.9 Å². The van der Waals surface area contributed by atoms with Crippen molar-refractivity contribution >= 4 is 11.5 Å². The van der Waals surface area contributed by atoms with Crippen LogP contribution in [-0.2, 0) is 16.6 Å². The number of aliphatic hydroxyl groups is 1. The van der Waals surface area contributed by atoms with Gasteiger partial charge < -0.3 is 10.2 Å². The van der Waals surface area contributed by atoms with Gasteiger partial charge in [0.25, 0.3) is 0 Å². The highest BCUT2D eigenvalue weighted by atomic mass is 16.3. The molecule has 1 aliphatic heterocycles. The van der Waals surface area contributed by atoms with Crippen molar-refractivity contribution < 1.29 is 15.0 Å². The van der Waals surface area contributed by atoms with E-state index in [2.05, 4.69) is 10.1 Å². The number of nitroso groups, excluding NO2 is 1. The number of aromatic hydroxyl groups is 1. The van der Waals surface area contributed by atoms with Crippen LogP contribution in [0.15, 0.2) is 17.3 Å². The SMILES string of the molecule is CCC(=O)C[C@]12CCN(CC3CC3)C(Cc3ccc(O)c(N=O)c31)C2(C)O. The van der Waals surface area contributed by atoms with E-state index in [-0.39, 0.29) is 29.7 Å². The lowest BCUT2D eigenvalue weighted by Crippen LogP contribution is -2.70. The summed E-state index contributed by atoms with van der Waals surface area (Å²) in [5.41, 5.74) is -0.563. The molecule has 1 heterocycles. The quantitative estimate of drug-likeness (QED) is 0.749. The lowest BCUT2D eigenvalue weighted by atomic mass is 9.53. The minimum atomic E-state index is -1.18. The molecule has 1 saturated carbocycles. The Labute approximate surface area is 159 Å². The molecule has 2 N–H and O–H groups in total. The molecule has 1 aromatic carbocycles. The molecule has 27 heavy (non-hydrogen) atoms. The maximum absolute atomic E-state index is 12.5. The number of carbonyl (C=O) groups is 1. The number of rotatable bonds is 6. The normalized spacial score (nSPS) is 32.8.